The van der Waals surface area contributed by atoms with Crippen molar-refractivity contribution in [2.45, 2.75) is 13.5 Å². The fraction of sp³-hybridized carbons (Fsp3) is 0.0769. The number of nitrogens with zero attached hydrogens (tertiary/aromatic N) is 1. The number of nitro groups is 1. The molecular formula is C26H19ClN2O6. The molecule has 0 aliphatic rings. The van der Waals surface area contributed by atoms with Crippen molar-refractivity contribution in [3.8, 4) is 5.75 Å². The van der Waals surface area contributed by atoms with Crippen LogP contribution in [-0.4, -0.2) is 16.6 Å². The molecule has 0 atom stereocenters. The van der Waals surface area contributed by atoms with Crippen LogP contribution < -0.4 is 10.1 Å². The molecule has 4 aromatic rings. The van der Waals surface area contributed by atoms with Gasteiger partial charge in [0, 0.05) is 22.2 Å². The van der Waals surface area contributed by atoms with Crippen LogP contribution in [0.5, 0.6) is 5.75 Å². The van der Waals surface area contributed by atoms with Crippen LogP contribution in [-0.2, 0) is 6.61 Å². The van der Waals surface area contributed by atoms with E-state index in [1.807, 2.05) is 0 Å². The summed E-state index contributed by atoms with van der Waals surface area (Å²) in [5.41, 5.74) is 1.53. The predicted octanol–water partition coefficient (Wildman–Crippen LogP) is 6.21. The number of benzene rings is 3. The van der Waals surface area contributed by atoms with Gasteiger partial charge in [0.25, 0.3) is 5.91 Å². The summed E-state index contributed by atoms with van der Waals surface area (Å²) in [4.78, 5) is 36.5. The summed E-state index contributed by atoms with van der Waals surface area (Å²) in [7, 11) is 0. The number of carbonyl (C=O) groups excluding carboxylic acids is 2. The van der Waals surface area contributed by atoms with E-state index >= 15 is 0 Å². The maximum absolute atomic E-state index is 13.0. The molecule has 0 aliphatic carbocycles. The maximum atomic E-state index is 13.0. The lowest BCUT2D eigenvalue weighted by Crippen LogP contribution is -2.14. The minimum atomic E-state index is -0.581. The van der Waals surface area contributed by atoms with Crippen LogP contribution in [0.1, 0.15) is 37.8 Å². The Morgan fingerprint density at radius 2 is 1.80 bits per heavy atom. The van der Waals surface area contributed by atoms with Gasteiger partial charge >= 0.3 is 5.69 Å². The van der Waals surface area contributed by atoms with Crippen molar-refractivity contribution in [3.63, 3.8) is 0 Å². The first kappa shape index (κ1) is 23.7. The Balaban J connectivity index is 1.49. The second kappa shape index (κ2) is 10.2. The van der Waals surface area contributed by atoms with Gasteiger partial charge in [-0.25, -0.2) is 0 Å². The highest BCUT2D eigenvalue weighted by atomic mass is 35.5. The SMILES string of the molecule is Cc1ccc(OCc2ccc(C(=O)Nc3ccc(Cl)cc3C(=O)c3ccccc3)o2)c([N+](=O)[O-])c1. The van der Waals surface area contributed by atoms with Crippen molar-refractivity contribution in [1.29, 1.82) is 0 Å². The number of aryl methyl sites for hydroxylation is 1. The van der Waals surface area contributed by atoms with Crippen LogP contribution >= 0.6 is 11.6 Å². The monoisotopic (exact) mass is 490 g/mol. The van der Waals surface area contributed by atoms with Crippen molar-refractivity contribution in [2.75, 3.05) is 5.32 Å². The van der Waals surface area contributed by atoms with E-state index in [-0.39, 0.29) is 40.8 Å². The lowest BCUT2D eigenvalue weighted by molar-refractivity contribution is -0.386. The minimum Gasteiger partial charge on any atom is -0.479 e. The molecule has 0 aliphatic heterocycles. The maximum Gasteiger partial charge on any atom is 0.311 e. The van der Waals surface area contributed by atoms with Crippen molar-refractivity contribution >= 4 is 34.7 Å². The number of halogens is 1. The molecule has 8 nitrogen and oxygen atoms in total. The average molecular weight is 491 g/mol. The summed E-state index contributed by atoms with van der Waals surface area (Å²) in [6, 6.07) is 20.8. The first-order chi connectivity index (χ1) is 16.8. The van der Waals surface area contributed by atoms with Gasteiger partial charge in [0.2, 0.25) is 0 Å². The van der Waals surface area contributed by atoms with E-state index in [4.69, 9.17) is 20.8 Å². The molecular weight excluding hydrogens is 472 g/mol. The molecule has 0 bridgehead atoms. The second-order valence-corrected chi connectivity index (χ2v) is 8.06. The number of anilines is 1. The largest absolute Gasteiger partial charge is 0.479 e. The number of amides is 1. The fourth-order valence-electron chi connectivity index (χ4n) is 3.36. The Kier molecular flexibility index (Phi) is 6.93. The highest BCUT2D eigenvalue weighted by Crippen LogP contribution is 2.29. The molecule has 1 amide bonds. The van der Waals surface area contributed by atoms with Gasteiger partial charge in [-0.05, 0) is 48.9 Å². The normalized spacial score (nSPS) is 10.6. The molecule has 1 aromatic heterocycles. The van der Waals surface area contributed by atoms with Gasteiger partial charge in [-0.2, -0.15) is 0 Å². The Labute approximate surface area is 205 Å². The molecule has 1 heterocycles. The molecule has 0 saturated carbocycles. The molecule has 0 spiro atoms. The smallest absolute Gasteiger partial charge is 0.311 e. The number of carbonyl (C=O) groups is 2. The third-order valence-corrected chi connectivity index (χ3v) is 5.31. The first-order valence-electron chi connectivity index (χ1n) is 10.5. The molecule has 0 fully saturated rings. The van der Waals surface area contributed by atoms with Crippen LogP contribution in [0.25, 0.3) is 0 Å². The standard InChI is InChI=1S/C26H19ClN2O6/c1-16-7-11-23(22(13-16)29(32)33)34-15-19-9-12-24(35-19)26(31)28-21-10-8-18(27)14-20(21)25(30)17-5-3-2-4-6-17/h2-14H,15H2,1H3,(H,28,31). The van der Waals surface area contributed by atoms with Crippen LogP contribution in [0.4, 0.5) is 11.4 Å². The number of nitrogens with one attached hydrogen (secondary N) is 1. The van der Waals surface area contributed by atoms with Gasteiger partial charge in [0.15, 0.2) is 17.3 Å². The van der Waals surface area contributed by atoms with Gasteiger partial charge in [-0.1, -0.05) is 48.0 Å². The highest BCUT2D eigenvalue weighted by Gasteiger charge is 2.19. The van der Waals surface area contributed by atoms with Crippen molar-refractivity contribution in [2.24, 2.45) is 0 Å². The topological polar surface area (TPSA) is 112 Å². The van der Waals surface area contributed by atoms with Crippen LogP contribution in [0, 0.1) is 17.0 Å². The first-order valence-corrected chi connectivity index (χ1v) is 10.9. The lowest BCUT2D eigenvalue weighted by atomic mass is 10.0. The van der Waals surface area contributed by atoms with Crippen LogP contribution in [0.2, 0.25) is 5.02 Å². The summed E-state index contributed by atoms with van der Waals surface area (Å²) >= 11 is 6.09. The summed E-state index contributed by atoms with van der Waals surface area (Å²) in [5.74, 6) is -0.511. The number of ketones is 1. The lowest BCUT2D eigenvalue weighted by Gasteiger charge is -2.10. The highest BCUT2D eigenvalue weighted by molar-refractivity contribution is 6.31. The Bertz CT molecular complexity index is 1410. The Morgan fingerprint density at radius 1 is 1.03 bits per heavy atom. The van der Waals surface area contributed by atoms with Crippen LogP contribution in [0.15, 0.2) is 83.3 Å². The molecule has 1 N–H and O–H groups in total. The van der Waals surface area contributed by atoms with E-state index in [9.17, 15) is 19.7 Å². The zero-order valence-corrected chi connectivity index (χ0v) is 19.2. The molecule has 0 radical (unpaired) electrons. The van der Waals surface area contributed by atoms with E-state index in [0.717, 1.165) is 5.56 Å². The quantitative estimate of drug-likeness (QED) is 0.178. The third kappa shape index (κ3) is 5.56. The van der Waals surface area contributed by atoms with Crippen molar-refractivity contribution < 1.29 is 23.7 Å². The summed E-state index contributed by atoms with van der Waals surface area (Å²) < 4.78 is 11.1. The second-order valence-electron chi connectivity index (χ2n) is 7.62. The Hall–Kier alpha value is -4.43. The van der Waals surface area contributed by atoms with Gasteiger partial charge in [-0.3, -0.25) is 19.7 Å². The molecule has 9 heteroatoms. The van der Waals surface area contributed by atoms with Crippen molar-refractivity contribution in [1.82, 2.24) is 0 Å². The molecule has 3 aromatic carbocycles. The fourth-order valence-corrected chi connectivity index (χ4v) is 3.53. The molecule has 4 rings (SSSR count). The van der Waals surface area contributed by atoms with E-state index in [0.29, 0.717) is 16.3 Å². The number of rotatable bonds is 8. The number of furan rings is 1. The van der Waals surface area contributed by atoms with Crippen molar-refractivity contribution in [3.05, 3.63) is 122 Å². The molecule has 0 saturated heterocycles. The van der Waals surface area contributed by atoms with E-state index < -0.39 is 10.8 Å². The third-order valence-electron chi connectivity index (χ3n) is 5.08. The number of ether oxygens (including phenoxy) is 1. The Morgan fingerprint density at radius 3 is 2.54 bits per heavy atom. The van der Waals surface area contributed by atoms with Gasteiger partial charge in [0.1, 0.15) is 12.4 Å². The van der Waals surface area contributed by atoms with E-state index in [1.54, 1.807) is 55.5 Å². The van der Waals surface area contributed by atoms with Gasteiger partial charge < -0.3 is 14.5 Å². The zero-order valence-electron chi connectivity index (χ0n) is 18.5. The minimum absolute atomic E-state index is 0.0185. The van der Waals surface area contributed by atoms with E-state index in [1.165, 1.54) is 30.3 Å². The average Bonchev–Trinajstić information content (AvgIpc) is 3.33. The summed E-state index contributed by atoms with van der Waals surface area (Å²) in [6.07, 6.45) is 0. The zero-order chi connectivity index (χ0) is 24.9. The predicted molar refractivity (Wildman–Crippen MR) is 130 cm³/mol. The summed E-state index contributed by atoms with van der Waals surface area (Å²) in [5, 5.41) is 14.3. The number of hydrogen-bond acceptors (Lipinski definition) is 6. The summed E-state index contributed by atoms with van der Waals surface area (Å²) in [6.45, 7) is 1.63. The molecule has 0 unspecified atom stereocenters. The number of hydrogen-bond donors (Lipinski definition) is 1. The number of nitro benzene ring substituents is 1. The van der Waals surface area contributed by atoms with Gasteiger partial charge in [0.05, 0.1) is 10.6 Å². The van der Waals surface area contributed by atoms with E-state index in [2.05, 4.69) is 5.32 Å². The van der Waals surface area contributed by atoms with Gasteiger partial charge in [-0.15, -0.1) is 0 Å². The molecule has 176 valence electrons. The molecule has 35 heavy (non-hydrogen) atoms. The van der Waals surface area contributed by atoms with Crippen LogP contribution in [0.3, 0.4) is 0 Å².